The highest BCUT2D eigenvalue weighted by Gasteiger charge is 1.89. The molecule has 4 heteroatoms. The zero-order valence-corrected chi connectivity index (χ0v) is 11.6. The van der Waals surface area contributed by atoms with Crippen LogP contribution in [0.1, 0.15) is 34.1 Å². The van der Waals surface area contributed by atoms with Crippen LogP contribution < -0.4 is 0 Å². The van der Waals surface area contributed by atoms with Crippen molar-refractivity contribution in [2.75, 3.05) is 0 Å². The normalized spacial score (nSPS) is 7.33. The molecular weight excluding hydrogens is 232 g/mol. The molecule has 102 valence electrons. The Morgan fingerprint density at radius 3 is 1.50 bits per heavy atom. The van der Waals surface area contributed by atoms with Gasteiger partial charge in [-0.25, -0.2) is 0 Å². The molecule has 0 radical (unpaired) electrons. The minimum Gasteiger partial charge on any atom is -0.435 e. The van der Waals surface area contributed by atoms with Gasteiger partial charge in [0.05, 0.1) is 6.26 Å². The molecule has 0 aromatic rings. The van der Waals surface area contributed by atoms with E-state index in [0.29, 0.717) is 12.0 Å². The minimum absolute atomic E-state index is 0.0185. The van der Waals surface area contributed by atoms with E-state index in [2.05, 4.69) is 24.5 Å². The monoisotopic (exact) mass is 254 g/mol. The third-order valence-electron chi connectivity index (χ3n) is 1.39. The van der Waals surface area contributed by atoms with Crippen LogP contribution in [-0.4, -0.2) is 17.5 Å². The van der Waals surface area contributed by atoms with Crippen LogP contribution in [0.4, 0.5) is 0 Å². The van der Waals surface area contributed by atoms with Gasteiger partial charge >= 0.3 is 5.97 Å². The lowest BCUT2D eigenvalue weighted by atomic mass is 10.3. The summed E-state index contributed by atoms with van der Waals surface area (Å²) in [6.45, 7) is 16.2. The Kier molecular flexibility index (Phi) is 17.8. The van der Waals surface area contributed by atoms with Crippen molar-refractivity contribution in [3.8, 4) is 0 Å². The fourth-order valence-electron chi connectivity index (χ4n) is 0.176. The second-order valence-corrected chi connectivity index (χ2v) is 3.16. The Morgan fingerprint density at radius 1 is 1.11 bits per heavy atom. The van der Waals surface area contributed by atoms with Crippen molar-refractivity contribution in [2.45, 2.75) is 34.1 Å². The third kappa shape index (κ3) is 29.2. The molecule has 0 fully saturated rings. The van der Waals surface area contributed by atoms with Crippen LogP contribution in [-0.2, 0) is 19.1 Å². The fraction of sp³-hybridized carbons (Fsp3) is 0.357. The predicted molar refractivity (Wildman–Crippen MR) is 73.0 cm³/mol. The van der Waals surface area contributed by atoms with Gasteiger partial charge in [-0.15, -0.1) is 0 Å². The molecule has 4 nitrogen and oxygen atoms in total. The van der Waals surface area contributed by atoms with Gasteiger partial charge in [-0.2, -0.15) is 0 Å². The molecule has 0 aliphatic rings. The molecule has 0 unspecified atom stereocenters. The Labute approximate surface area is 109 Å². The fourth-order valence-corrected chi connectivity index (χ4v) is 0.176. The van der Waals surface area contributed by atoms with Crippen molar-refractivity contribution >= 4 is 17.5 Å². The van der Waals surface area contributed by atoms with Crippen LogP contribution in [0.5, 0.6) is 0 Å². The van der Waals surface area contributed by atoms with Crippen LogP contribution in [0.3, 0.4) is 0 Å². The smallest absolute Gasteiger partial charge is 0.310 e. The van der Waals surface area contributed by atoms with E-state index in [9.17, 15) is 14.4 Å². The maximum Gasteiger partial charge on any atom is 0.310 e. The van der Waals surface area contributed by atoms with Crippen molar-refractivity contribution < 1.29 is 19.1 Å². The molecule has 0 atom stereocenters. The highest BCUT2D eigenvalue weighted by Crippen LogP contribution is 1.84. The average molecular weight is 254 g/mol. The molecule has 0 aromatic carbocycles. The lowest BCUT2D eigenvalue weighted by Gasteiger charge is -1.88. The Hall–Kier alpha value is -1.97. The van der Waals surface area contributed by atoms with Gasteiger partial charge < -0.3 is 4.74 Å². The zero-order valence-electron chi connectivity index (χ0n) is 11.6. The summed E-state index contributed by atoms with van der Waals surface area (Å²) in [5, 5.41) is 0. The summed E-state index contributed by atoms with van der Waals surface area (Å²) in [6.07, 6.45) is 2.82. The summed E-state index contributed by atoms with van der Waals surface area (Å²) in [5.41, 5.74) is 0.620. The highest BCUT2D eigenvalue weighted by atomic mass is 16.5. The molecule has 0 saturated heterocycles. The number of ketones is 2. The van der Waals surface area contributed by atoms with E-state index in [0.717, 1.165) is 6.26 Å². The van der Waals surface area contributed by atoms with Crippen molar-refractivity contribution in [3.05, 3.63) is 37.6 Å². The van der Waals surface area contributed by atoms with Gasteiger partial charge in [0, 0.05) is 6.42 Å². The lowest BCUT2D eigenvalue weighted by Crippen LogP contribution is -1.94. The number of ether oxygens (including phenoxy) is 1. The SMILES string of the molecule is C=C(C)C(C)=O.C=CC(C)=O.C=COC(=O)CC. The van der Waals surface area contributed by atoms with E-state index in [1.807, 2.05) is 0 Å². The van der Waals surface area contributed by atoms with Crippen molar-refractivity contribution in [2.24, 2.45) is 0 Å². The molecule has 0 rings (SSSR count). The number of carbonyl (C=O) groups excluding carboxylic acids is 3. The number of hydrogen-bond donors (Lipinski definition) is 0. The van der Waals surface area contributed by atoms with Crippen LogP contribution >= 0.6 is 0 Å². The summed E-state index contributed by atoms with van der Waals surface area (Å²) in [6, 6.07) is 0. The maximum absolute atomic E-state index is 10.1. The number of carbonyl (C=O) groups is 3. The van der Waals surface area contributed by atoms with E-state index < -0.39 is 0 Å². The molecule has 0 amide bonds. The topological polar surface area (TPSA) is 60.4 Å². The molecule has 0 spiro atoms. The molecular formula is C14H22O4. The molecule has 0 aliphatic carbocycles. The number of allylic oxidation sites excluding steroid dienone is 2. The first-order valence-corrected chi connectivity index (χ1v) is 5.32. The summed E-state index contributed by atoms with van der Waals surface area (Å²) in [5.74, 6) is -0.157. The quantitative estimate of drug-likeness (QED) is 0.439. The van der Waals surface area contributed by atoms with Crippen LogP contribution in [0.15, 0.2) is 37.6 Å². The van der Waals surface area contributed by atoms with Crippen LogP contribution in [0.25, 0.3) is 0 Å². The van der Waals surface area contributed by atoms with Gasteiger partial charge in [-0.3, -0.25) is 14.4 Å². The first-order chi connectivity index (χ1) is 8.22. The standard InChI is InChI=1S/C5H8O2.C5H8O.C4H6O/c1-3-5(6)7-4-2;1-4(2)5(3)6;1-3-4(2)5/h4H,2-3H2,1H3;1H2,2-3H3;3H,1H2,2H3. The van der Waals surface area contributed by atoms with Crippen LogP contribution in [0.2, 0.25) is 0 Å². The average Bonchev–Trinajstić information content (AvgIpc) is 2.30. The number of Topliss-reactive ketones (excluding diaryl/α,β-unsaturated/α-hetero) is 1. The second-order valence-electron chi connectivity index (χ2n) is 3.16. The van der Waals surface area contributed by atoms with Gasteiger partial charge in [0.15, 0.2) is 11.6 Å². The molecule has 0 heterocycles. The van der Waals surface area contributed by atoms with E-state index in [1.54, 1.807) is 13.8 Å². The van der Waals surface area contributed by atoms with Crippen LogP contribution in [0, 0.1) is 0 Å². The van der Waals surface area contributed by atoms with Gasteiger partial charge in [-0.1, -0.05) is 26.7 Å². The third-order valence-corrected chi connectivity index (χ3v) is 1.39. The second kappa shape index (κ2) is 15.0. The first-order valence-electron chi connectivity index (χ1n) is 5.32. The molecule has 0 bridgehead atoms. The molecule has 0 aromatic heterocycles. The Bertz CT molecular complexity index is 302. The predicted octanol–water partition coefficient (Wildman–Crippen LogP) is 3.00. The van der Waals surface area contributed by atoms with Crippen molar-refractivity contribution in [1.29, 1.82) is 0 Å². The number of rotatable bonds is 4. The number of hydrogen-bond acceptors (Lipinski definition) is 4. The van der Waals surface area contributed by atoms with E-state index in [-0.39, 0.29) is 17.5 Å². The minimum atomic E-state index is -0.241. The summed E-state index contributed by atoms with van der Waals surface area (Å²) in [4.78, 5) is 29.9. The van der Waals surface area contributed by atoms with Crippen molar-refractivity contribution in [1.82, 2.24) is 0 Å². The summed E-state index contributed by atoms with van der Waals surface area (Å²) < 4.78 is 4.32. The maximum atomic E-state index is 10.1. The lowest BCUT2D eigenvalue weighted by molar-refractivity contribution is -0.137. The molecule has 0 N–H and O–H groups in total. The molecule has 18 heavy (non-hydrogen) atoms. The van der Waals surface area contributed by atoms with E-state index in [1.165, 1.54) is 19.9 Å². The van der Waals surface area contributed by atoms with Gasteiger partial charge in [0.25, 0.3) is 0 Å². The van der Waals surface area contributed by atoms with Gasteiger partial charge in [0.1, 0.15) is 0 Å². The van der Waals surface area contributed by atoms with E-state index >= 15 is 0 Å². The summed E-state index contributed by atoms with van der Waals surface area (Å²) >= 11 is 0. The Balaban J connectivity index is -0.000000190. The van der Waals surface area contributed by atoms with E-state index in [4.69, 9.17) is 0 Å². The highest BCUT2D eigenvalue weighted by molar-refractivity contribution is 5.91. The number of esters is 1. The van der Waals surface area contributed by atoms with Gasteiger partial charge in [0.2, 0.25) is 0 Å². The van der Waals surface area contributed by atoms with Gasteiger partial charge in [-0.05, 0) is 32.4 Å². The molecule has 0 saturated carbocycles. The zero-order chi connectivity index (χ0) is 15.1. The Morgan fingerprint density at radius 2 is 1.44 bits per heavy atom. The van der Waals surface area contributed by atoms with Crippen molar-refractivity contribution in [3.63, 3.8) is 0 Å². The largest absolute Gasteiger partial charge is 0.435 e. The first kappa shape index (κ1) is 21.3. The molecule has 0 aliphatic heterocycles. The summed E-state index contributed by atoms with van der Waals surface area (Å²) in [7, 11) is 0.